The average Bonchev–Trinajstić information content (AvgIpc) is 2.28. The average molecular weight is 242 g/mol. The summed E-state index contributed by atoms with van der Waals surface area (Å²) < 4.78 is 5.07. The second kappa shape index (κ2) is 6.97. The fourth-order valence-electron chi connectivity index (χ4n) is 2.51. The van der Waals surface area contributed by atoms with E-state index in [0.29, 0.717) is 25.0 Å². The minimum atomic E-state index is 0.143. The first-order valence-corrected chi connectivity index (χ1v) is 6.54. The summed E-state index contributed by atoms with van der Waals surface area (Å²) in [7, 11) is 3.52. The van der Waals surface area contributed by atoms with Crippen LogP contribution in [0.2, 0.25) is 0 Å². The van der Waals surface area contributed by atoms with Crippen molar-refractivity contribution in [2.45, 2.75) is 51.1 Å². The predicted molar refractivity (Wildman–Crippen MR) is 68.7 cm³/mol. The van der Waals surface area contributed by atoms with Crippen LogP contribution in [0.15, 0.2) is 0 Å². The van der Waals surface area contributed by atoms with Gasteiger partial charge in [-0.25, -0.2) is 0 Å². The van der Waals surface area contributed by atoms with Crippen molar-refractivity contribution in [3.05, 3.63) is 0 Å². The Morgan fingerprint density at radius 1 is 1.53 bits per heavy atom. The molecule has 100 valence electrons. The van der Waals surface area contributed by atoms with Gasteiger partial charge in [0.05, 0.1) is 12.6 Å². The summed E-state index contributed by atoms with van der Waals surface area (Å²) in [6.07, 6.45) is 5.06. The topological polar surface area (TPSA) is 55.6 Å². The maximum absolute atomic E-state index is 12.1. The predicted octanol–water partition coefficient (Wildman–Crippen LogP) is 1.39. The molecule has 1 saturated carbocycles. The molecule has 0 spiro atoms. The zero-order chi connectivity index (χ0) is 12.8. The molecule has 0 aliphatic heterocycles. The molecule has 0 heterocycles. The van der Waals surface area contributed by atoms with Crippen LogP contribution in [0.1, 0.15) is 39.0 Å². The molecule has 0 aromatic heterocycles. The van der Waals surface area contributed by atoms with Crippen LogP contribution in [0.25, 0.3) is 0 Å². The van der Waals surface area contributed by atoms with Crippen LogP contribution in [-0.2, 0) is 9.53 Å². The summed E-state index contributed by atoms with van der Waals surface area (Å²) in [5, 5.41) is 0. The molecule has 4 heteroatoms. The van der Waals surface area contributed by atoms with E-state index in [0.717, 1.165) is 25.7 Å². The number of carbonyl (C=O) groups is 1. The molecule has 1 rings (SSSR count). The quantitative estimate of drug-likeness (QED) is 0.792. The van der Waals surface area contributed by atoms with Gasteiger partial charge < -0.3 is 15.4 Å². The molecule has 0 bridgehead atoms. The van der Waals surface area contributed by atoms with Gasteiger partial charge in [0.15, 0.2) is 0 Å². The molecule has 3 atom stereocenters. The van der Waals surface area contributed by atoms with Crippen LogP contribution in [0, 0.1) is 5.92 Å². The second-order valence-corrected chi connectivity index (χ2v) is 5.31. The molecule has 3 unspecified atom stereocenters. The Balaban J connectivity index is 2.37. The van der Waals surface area contributed by atoms with E-state index in [1.165, 1.54) is 0 Å². The smallest absolute Gasteiger partial charge is 0.222 e. The molecule has 4 nitrogen and oxygen atoms in total. The van der Waals surface area contributed by atoms with Gasteiger partial charge in [0, 0.05) is 26.6 Å². The molecule has 0 saturated heterocycles. The largest absolute Gasteiger partial charge is 0.383 e. The molecule has 17 heavy (non-hydrogen) atoms. The lowest BCUT2D eigenvalue weighted by Crippen LogP contribution is -2.39. The summed E-state index contributed by atoms with van der Waals surface area (Å²) in [5.41, 5.74) is 5.94. The maximum atomic E-state index is 12.1. The zero-order valence-corrected chi connectivity index (χ0v) is 11.3. The highest BCUT2D eigenvalue weighted by molar-refractivity contribution is 5.76. The van der Waals surface area contributed by atoms with Crippen molar-refractivity contribution in [2.24, 2.45) is 11.7 Å². The number of carbonyl (C=O) groups excluding carboxylic acids is 1. The molecule has 1 aliphatic carbocycles. The van der Waals surface area contributed by atoms with E-state index in [1.807, 2.05) is 14.0 Å². The van der Waals surface area contributed by atoms with E-state index in [4.69, 9.17) is 10.5 Å². The molecular formula is C13H26N2O2. The Morgan fingerprint density at radius 3 is 2.82 bits per heavy atom. The van der Waals surface area contributed by atoms with Gasteiger partial charge >= 0.3 is 0 Å². The van der Waals surface area contributed by atoms with Crippen molar-refractivity contribution >= 4 is 5.91 Å². The summed E-state index contributed by atoms with van der Waals surface area (Å²) in [6.45, 7) is 2.60. The fourth-order valence-corrected chi connectivity index (χ4v) is 2.51. The van der Waals surface area contributed by atoms with Crippen LogP contribution in [-0.4, -0.2) is 43.7 Å². The van der Waals surface area contributed by atoms with Crippen molar-refractivity contribution in [3.8, 4) is 0 Å². The second-order valence-electron chi connectivity index (χ2n) is 5.31. The highest BCUT2D eigenvalue weighted by Gasteiger charge is 2.24. The molecule has 0 aromatic rings. The number of hydrogen-bond acceptors (Lipinski definition) is 3. The van der Waals surface area contributed by atoms with Gasteiger partial charge in [-0.2, -0.15) is 0 Å². The molecule has 1 aliphatic rings. The number of amides is 1. The lowest BCUT2D eigenvalue weighted by Gasteiger charge is -2.30. The van der Waals surface area contributed by atoms with Crippen LogP contribution in [0.3, 0.4) is 0 Å². The normalized spacial score (nSPS) is 26.6. The van der Waals surface area contributed by atoms with Gasteiger partial charge in [-0.1, -0.05) is 6.42 Å². The Hall–Kier alpha value is -0.610. The van der Waals surface area contributed by atoms with Gasteiger partial charge in [-0.05, 0) is 32.1 Å². The first-order valence-electron chi connectivity index (χ1n) is 6.54. The fraction of sp³-hybridized carbons (Fsp3) is 0.923. The summed E-state index contributed by atoms with van der Waals surface area (Å²) in [5.74, 6) is 0.692. The van der Waals surface area contributed by atoms with Crippen molar-refractivity contribution in [2.75, 3.05) is 20.8 Å². The Labute approximate surface area is 104 Å². The monoisotopic (exact) mass is 242 g/mol. The minimum Gasteiger partial charge on any atom is -0.383 e. The number of rotatable bonds is 5. The number of likely N-dealkylation sites (N-methyl/N-ethyl adjacent to an activating group) is 1. The first kappa shape index (κ1) is 14.5. The van der Waals surface area contributed by atoms with E-state index in [1.54, 1.807) is 12.0 Å². The van der Waals surface area contributed by atoms with Crippen LogP contribution in [0.4, 0.5) is 0 Å². The van der Waals surface area contributed by atoms with Crippen LogP contribution in [0.5, 0.6) is 0 Å². The molecule has 0 aromatic carbocycles. The van der Waals surface area contributed by atoms with Gasteiger partial charge in [0.1, 0.15) is 0 Å². The minimum absolute atomic E-state index is 0.143. The lowest BCUT2D eigenvalue weighted by molar-refractivity contribution is -0.133. The first-order chi connectivity index (χ1) is 8.04. The van der Waals surface area contributed by atoms with E-state index in [2.05, 4.69) is 0 Å². The molecule has 2 N–H and O–H groups in total. The Morgan fingerprint density at radius 2 is 2.24 bits per heavy atom. The van der Waals surface area contributed by atoms with E-state index >= 15 is 0 Å². The number of nitrogens with zero attached hydrogens (tertiary/aromatic N) is 1. The summed E-state index contributed by atoms with van der Waals surface area (Å²) >= 11 is 0. The van der Waals surface area contributed by atoms with Gasteiger partial charge in [-0.3, -0.25) is 4.79 Å². The molecule has 0 radical (unpaired) electrons. The van der Waals surface area contributed by atoms with E-state index in [-0.39, 0.29) is 11.9 Å². The molecule has 1 amide bonds. The number of hydrogen-bond donors (Lipinski definition) is 1. The highest BCUT2D eigenvalue weighted by atomic mass is 16.5. The molecular weight excluding hydrogens is 216 g/mol. The van der Waals surface area contributed by atoms with Crippen molar-refractivity contribution < 1.29 is 9.53 Å². The van der Waals surface area contributed by atoms with Gasteiger partial charge in [-0.15, -0.1) is 0 Å². The van der Waals surface area contributed by atoms with Crippen molar-refractivity contribution in [3.63, 3.8) is 0 Å². The third kappa shape index (κ3) is 4.64. The summed E-state index contributed by atoms with van der Waals surface area (Å²) in [4.78, 5) is 13.9. The Kier molecular flexibility index (Phi) is 5.92. The number of methoxy groups -OCH3 is 1. The molecule has 1 fully saturated rings. The third-order valence-corrected chi connectivity index (χ3v) is 3.75. The van der Waals surface area contributed by atoms with Crippen molar-refractivity contribution in [1.29, 1.82) is 0 Å². The van der Waals surface area contributed by atoms with E-state index in [9.17, 15) is 4.79 Å². The third-order valence-electron chi connectivity index (χ3n) is 3.75. The van der Waals surface area contributed by atoms with Crippen LogP contribution < -0.4 is 5.73 Å². The van der Waals surface area contributed by atoms with Gasteiger partial charge in [0.2, 0.25) is 5.91 Å². The number of ether oxygens (including phenoxy) is 1. The van der Waals surface area contributed by atoms with Gasteiger partial charge in [0.25, 0.3) is 0 Å². The maximum Gasteiger partial charge on any atom is 0.222 e. The Bertz CT molecular complexity index is 246. The summed E-state index contributed by atoms with van der Waals surface area (Å²) in [6, 6.07) is 0.438. The van der Waals surface area contributed by atoms with Crippen molar-refractivity contribution in [1.82, 2.24) is 4.90 Å². The SMILES string of the molecule is COCC(C)N(C)C(=O)CC1CCCC(N)C1. The lowest BCUT2D eigenvalue weighted by atomic mass is 9.84. The highest BCUT2D eigenvalue weighted by Crippen LogP contribution is 2.26. The number of nitrogens with two attached hydrogens (primary N) is 1. The standard InChI is InChI=1S/C13H26N2O2/c1-10(9-17-3)15(2)13(16)8-11-5-4-6-12(14)7-11/h10-12H,4-9,14H2,1-3H3. The van der Waals surface area contributed by atoms with E-state index < -0.39 is 0 Å². The van der Waals surface area contributed by atoms with Crippen LogP contribution >= 0.6 is 0 Å². The zero-order valence-electron chi connectivity index (χ0n) is 11.3.